The lowest BCUT2D eigenvalue weighted by atomic mass is 10.2. The summed E-state index contributed by atoms with van der Waals surface area (Å²) in [4.78, 5) is 18.3. The largest absolute Gasteiger partial charge is 0.494 e. The number of benzene rings is 2. The highest BCUT2D eigenvalue weighted by Gasteiger charge is 2.17. The highest BCUT2D eigenvalue weighted by Crippen LogP contribution is 2.23. The molecule has 28 heavy (non-hydrogen) atoms. The molecule has 1 amide bonds. The Labute approximate surface area is 165 Å². The molecule has 3 rings (SSSR count). The predicted molar refractivity (Wildman–Crippen MR) is 103 cm³/mol. The van der Waals surface area contributed by atoms with Crippen molar-refractivity contribution in [1.82, 2.24) is 15.2 Å². The number of nitrogens with zero attached hydrogens (tertiary/aromatic N) is 1. The van der Waals surface area contributed by atoms with Gasteiger partial charge in [-0.2, -0.15) is 0 Å². The van der Waals surface area contributed by atoms with Gasteiger partial charge in [-0.05, 0) is 55.5 Å². The molecule has 2 aromatic carbocycles. The van der Waals surface area contributed by atoms with Crippen LogP contribution in [0.25, 0.3) is 10.6 Å². The minimum atomic E-state index is -3.95. The number of thiazole rings is 1. The highest BCUT2D eigenvalue weighted by molar-refractivity contribution is 7.89. The summed E-state index contributed by atoms with van der Waals surface area (Å²) < 4.78 is 42.8. The number of hydrazine groups is 1. The molecular weight excluding hydrogens is 405 g/mol. The quantitative estimate of drug-likeness (QED) is 0.572. The molecule has 1 heterocycles. The van der Waals surface area contributed by atoms with Gasteiger partial charge in [0.1, 0.15) is 22.3 Å². The third-order valence-corrected chi connectivity index (χ3v) is 5.73. The van der Waals surface area contributed by atoms with E-state index in [4.69, 9.17) is 4.74 Å². The number of amides is 1. The van der Waals surface area contributed by atoms with Crippen LogP contribution in [0.4, 0.5) is 4.39 Å². The molecule has 0 atom stereocenters. The van der Waals surface area contributed by atoms with Crippen LogP contribution in [0.3, 0.4) is 0 Å². The molecule has 10 heteroatoms. The average molecular weight is 421 g/mol. The zero-order valence-electron chi connectivity index (χ0n) is 14.7. The van der Waals surface area contributed by atoms with E-state index in [1.54, 1.807) is 12.1 Å². The molecule has 0 saturated carbocycles. The van der Waals surface area contributed by atoms with Gasteiger partial charge >= 0.3 is 0 Å². The number of carbonyl (C=O) groups excluding carboxylic acids is 1. The molecule has 0 saturated heterocycles. The molecule has 0 aliphatic rings. The number of halogens is 1. The Balaban J connectivity index is 1.65. The molecule has 146 valence electrons. The second kappa shape index (κ2) is 8.46. The van der Waals surface area contributed by atoms with Crippen molar-refractivity contribution < 1.29 is 22.3 Å². The molecule has 1 aromatic heterocycles. The second-order valence-corrected chi connectivity index (χ2v) is 8.05. The SMILES string of the molecule is CCOc1ccc(S(=O)(=O)NNC(=O)c2csc(-c3ccc(F)cc3)n2)cc1. The van der Waals surface area contributed by atoms with Crippen molar-refractivity contribution in [2.24, 2.45) is 0 Å². The molecule has 0 aliphatic carbocycles. The second-order valence-electron chi connectivity index (χ2n) is 5.51. The lowest BCUT2D eigenvalue weighted by Gasteiger charge is -2.08. The summed E-state index contributed by atoms with van der Waals surface area (Å²) in [5, 5.41) is 2.00. The van der Waals surface area contributed by atoms with Gasteiger partial charge in [0.25, 0.3) is 15.9 Å². The van der Waals surface area contributed by atoms with Gasteiger partial charge < -0.3 is 4.74 Å². The Morgan fingerprint density at radius 1 is 1.14 bits per heavy atom. The van der Waals surface area contributed by atoms with E-state index in [1.807, 2.05) is 11.8 Å². The van der Waals surface area contributed by atoms with Crippen molar-refractivity contribution in [2.75, 3.05) is 6.61 Å². The summed E-state index contributed by atoms with van der Waals surface area (Å²) in [6, 6.07) is 11.5. The van der Waals surface area contributed by atoms with E-state index in [0.717, 1.165) is 0 Å². The molecule has 7 nitrogen and oxygen atoms in total. The van der Waals surface area contributed by atoms with Crippen molar-refractivity contribution in [1.29, 1.82) is 0 Å². The lowest BCUT2D eigenvalue weighted by molar-refractivity contribution is 0.0941. The minimum Gasteiger partial charge on any atom is -0.494 e. The number of hydrogen-bond acceptors (Lipinski definition) is 6. The zero-order valence-corrected chi connectivity index (χ0v) is 16.3. The zero-order chi connectivity index (χ0) is 20.1. The molecule has 3 aromatic rings. The normalized spacial score (nSPS) is 11.2. The first-order chi connectivity index (χ1) is 13.4. The maximum atomic E-state index is 13.0. The third-order valence-electron chi connectivity index (χ3n) is 3.57. The Hall–Kier alpha value is -2.82. The Bertz CT molecular complexity index is 1060. The van der Waals surface area contributed by atoms with Crippen LogP contribution >= 0.6 is 11.3 Å². The number of aromatic nitrogens is 1. The van der Waals surface area contributed by atoms with Gasteiger partial charge in [-0.1, -0.05) is 0 Å². The van der Waals surface area contributed by atoms with Crippen LogP contribution in [0.15, 0.2) is 58.8 Å². The van der Waals surface area contributed by atoms with Crippen LogP contribution in [0.5, 0.6) is 5.75 Å². The highest BCUT2D eigenvalue weighted by atomic mass is 32.2. The topological polar surface area (TPSA) is 97.4 Å². The van der Waals surface area contributed by atoms with E-state index >= 15 is 0 Å². The molecule has 0 spiro atoms. The molecule has 2 N–H and O–H groups in total. The summed E-state index contributed by atoms with van der Waals surface area (Å²) >= 11 is 1.19. The Kier molecular flexibility index (Phi) is 6.02. The summed E-state index contributed by atoms with van der Waals surface area (Å²) in [5.74, 6) is -0.539. The van der Waals surface area contributed by atoms with Crippen molar-refractivity contribution in [3.63, 3.8) is 0 Å². The van der Waals surface area contributed by atoms with Gasteiger partial charge in [0.15, 0.2) is 0 Å². The van der Waals surface area contributed by atoms with E-state index in [1.165, 1.54) is 53.1 Å². The van der Waals surface area contributed by atoms with Crippen LogP contribution < -0.4 is 15.0 Å². The maximum Gasteiger partial charge on any atom is 0.285 e. The standard InChI is InChI=1S/C18H16FN3O4S2/c1-2-26-14-7-9-15(10-8-14)28(24,25)22-21-17(23)16-11-27-18(20-16)12-3-5-13(19)6-4-12/h3-11,22H,2H2,1H3,(H,21,23). The summed E-state index contributed by atoms with van der Waals surface area (Å²) in [6.45, 7) is 2.29. The van der Waals surface area contributed by atoms with Crippen LogP contribution in [0.2, 0.25) is 0 Å². The third kappa shape index (κ3) is 4.71. The minimum absolute atomic E-state index is 0.0264. The van der Waals surface area contributed by atoms with Crippen molar-refractivity contribution in [3.8, 4) is 16.3 Å². The Morgan fingerprint density at radius 3 is 2.46 bits per heavy atom. The fraction of sp³-hybridized carbons (Fsp3) is 0.111. The number of ether oxygens (including phenoxy) is 1. The maximum absolute atomic E-state index is 13.0. The number of rotatable bonds is 7. The van der Waals surface area contributed by atoms with E-state index in [-0.39, 0.29) is 16.4 Å². The van der Waals surface area contributed by atoms with Crippen LogP contribution in [0.1, 0.15) is 17.4 Å². The van der Waals surface area contributed by atoms with Gasteiger partial charge in [-0.15, -0.1) is 16.2 Å². The van der Waals surface area contributed by atoms with Crippen molar-refractivity contribution in [3.05, 3.63) is 65.4 Å². The fourth-order valence-electron chi connectivity index (χ4n) is 2.22. The van der Waals surface area contributed by atoms with Gasteiger partial charge in [0, 0.05) is 10.9 Å². The number of sulfonamides is 1. The summed E-state index contributed by atoms with van der Waals surface area (Å²) in [6.07, 6.45) is 0. The molecule has 0 unspecified atom stereocenters. The predicted octanol–water partition coefficient (Wildman–Crippen LogP) is 2.97. The molecule has 0 radical (unpaired) electrons. The number of hydrogen-bond donors (Lipinski definition) is 2. The van der Waals surface area contributed by atoms with Gasteiger partial charge in [-0.3, -0.25) is 10.2 Å². The smallest absolute Gasteiger partial charge is 0.285 e. The van der Waals surface area contributed by atoms with Gasteiger partial charge in [0.05, 0.1) is 11.5 Å². The van der Waals surface area contributed by atoms with E-state index in [9.17, 15) is 17.6 Å². The first-order valence-electron chi connectivity index (χ1n) is 8.15. The Morgan fingerprint density at radius 2 is 1.82 bits per heavy atom. The fourth-order valence-corrected chi connectivity index (χ4v) is 3.87. The van der Waals surface area contributed by atoms with Gasteiger partial charge in [-0.25, -0.2) is 17.8 Å². The van der Waals surface area contributed by atoms with Crippen molar-refractivity contribution in [2.45, 2.75) is 11.8 Å². The van der Waals surface area contributed by atoms with E-state index in [2.05, 4.69) is 10.4 Å². The summed E-state index contributed by atoms with van der Waals surface area (Å²) in [7, 11) is -3.95. The molecule has 0 bridgehead atoms. The molecule has 0 aliphatic heterocycles. The average Bonchev–Trinajstić information content (AvgIpc) is 3.18. The van der Waals surface area contributed by atoms with Crippen LogP contribution in [0, 0.1) is 5.82 Å². The van der Waals surface area contributed by atoms with Crippen LogP contribution in [-0.2, 0) is 10.0 Å². The van der Waals surface area contributed by atoms with E-state index < -0.39 is 15.9 Å². The number of carbonyl (C=O) groups is 1. The van der Waals surface area contributed by atoms with Crippen LogP contribution in [-0.4, -0.2) is 25.9 Å². The first kappa shape index (κ1) is 19.9. The number of nitrogens with one attached hydrogen (secondary N) is 2. The van der Waals surface area contributed by atoms with E-state index in [0.29, 0.717) is 22.9 Å². The summed E-state index contributed by atoms with van der Waals surface area (Å²) in [5.41, 5.74) is 2.82. The molecular formula is C18H16FN3O4S2. The van der Waals surface area contributed by atoms with Gasteiger partial charge in [0.2, 0.25) is 0 Å². The monoisotopic (exact) mass is 421 g/mol. The molecule has 0 fully saturated rings. The van der Waals surface area contributed by atoms with Crippen molar-refractivity contribution >= 4 is 27.3 Å². The lowest BCUT2D eigenvalue weighted by Crippen LogP contribution is -2.41. The first-order valence-corrected chi connectivity index (χ1v) is 10.5.